The zero-order valence-corrected chi connectivity index (χ0v) is 13.1. The van der Waals surface area contributed by atoms with E-state index in [1.165, 1.54) is 0 Å². The first-order chi connectivity index (χ1) is 8.06. The predicted molar refractivity (Wildman–Crippen MR) is 77.1 cm³/mol. The van der Waals surface area contributed by atoms with E-state index in [4.69, 9.17) is 0 Å². The Balaban J connectivity index is 2.84. The number of aromatic nitrogens is 1. The molecule has 0 saturated carbocycles. The summed E-state index contributed by atoms with van der Waals surface area (Å²) in [5, 5.41) is 4.50. The summed E-state index contributed by atoms with van der Waals surface area (Å²) >= 11 is 6.90. The molecule has 0 spiro atoms. The van der Waals surface area contributed by atoms with Crippen molar-refractivity contribution in [2.45, 2.75) is 25.8 Å². The Kier molecular flexibility index (Phi) is 5.59. The second-order valence-electron chi connectivity index (χ2n) is 4.04. The van der Waals surface area contributed by atoms with Crippen molar-refractivity contribution in [3.63, 3.8) is 0 Å². The van der Waals surface area contributed by atoms with Gasteiger partial charge in [0, 0.05) is 28.1 Å². The zero-order chi connectivity index (χ0) is 12.9. The van der Waals surface area contributed by atoms with E-state index in [0.29, 0.717) is 5.56 Å². The van der Waals surface area contributed by atoms with Crippen molar-refractivity contribution in [2.75, 3.05) is 10.7 Å². The van der Waals surface area contributed by atoms with Gasteiger partial charge in [-0.25, -0.2) is 0 Å². The average Bonchev–Trinajstić information content (AvgIpc) is 2.36. The van der Waals surface area contributed by atoms with E-state index in [2.05, 4.69) is 49.1 Å². The molecule has 3 nitrogen and oxygen atoms in total. The highest BCUT2D eigenvalue weighted by atomic mass is 79.9. The van der Waals surface area contributed by atoms with Crippen LogP contribution in [0.15, 0.2) is 18.3 Å². The number of amides is 1. The van der Waals surface area contributed by atoms with Crippen molar-refractivity contribution in [1.82, 2.24) is 10.3 Å². The maximum absolute atomic E-state index is 12.1. The molecule has 0 radical (unpaired) electrons. The Morgan fingerprint density at radius 1 is 1.47 bits per heavy atom. The Labute approximate surface area is 119 Å². The Morgan fingerprint density at radius 2 is 2.12 bits per heavy atom. The van der Waals surface area contributed by atoms with Crippen molar-refractivity contribution >= 4 is 37.8 Å². The number of pyridine rings is 1. The number of nitrogens with zero attached hydrogens (tertiary/aromatic N) is 1. The van der Waals surface area contributed by atoms with Gasteiger partial charge in [-0.15, -0.1) is 0 Å². The third-order valence-corrected chi connectivity index (χ3v) is 4.87. The van der Waals surface area contributed by atoms with Crippen LogP contribution in [0.5, 0.6) is 0 Å². The van der Waals surface area contributed by atoms with Crippen LogP contribution in [-0.4, -0.2) is 27.1 Å². The third-order valence-electron chi connectivity index (χ3n) is 2.73. The van der Waals surface area contributed by atoms with Gasteiger partial charge in [-0.05, 0) is 25.5 Å². The number of carbonyl (C=O) groups is 1. The SMILES string of the molecule is CCC(CBr)(CBr)NC(=O)c1ccnc(C)c1. The van der Waals surface area contributed by atoms with Crippen molar-refractivity contribution < 1.29 is 4.79 Å². The van der Waals surface area contributed by atoms with Gasteiger partial charge in [-0.1, -0.05) is 38.8 Å². The maximum Gasteiger partial charge on any atom is 0.251 e. The molecule has 1 aromatic heterocycles. The molecule has 1 rings (SSSR count). The second kappa shape index (κ2) is 6.50. The number of hydrogen-bond acceptors (Lipinski definition) is 2. The molecule has 0 fully saturated rings. The van der Waals surface area contributed by atoms with Gasteiger partial charge < -0.3 is 5.32 Å². The Bertz CT molecular complexity index is 384. The van der Waals surface area contributed by atoms with E-state index in [1.54, 1.807) is 18.3 Å². The summed E-state index contributed by atoms with van der Waals surface area (Å²) in [5.41, 5.74) is 1.25. The summed E-state index contributed by atoms with van der Waals surface area (Å²) in [6, 6.07) is 3.52. The molecule has 0 aliphatic heterocycles. The van der Waals surface area contributed by atoms with E-state index in [-0.39, 0.29) is 11.4 Å². The fourth-order valence-electron chi connectivity index (χ4n) is 1.38. The van der Waals surface area contributed by atoms with E-state index in [0.717, 1.165) is 22.8 Å². The Morgan fingerprint density at radius 3 is 2.59 bits per heavy atom. The summed E-state index contributed by atoms with van der Waals surface area (Å²) in [5.74, 6) is -0.0590. The average molecular weight is 364 g/mol. The zero-order valence-electron chi connectivity index (χ0n) is 9.96. The van der Waals surface area contributed by atoms with Crippen LogP contribution in [0.3, 0.4) is 0 Å². The molecule has 5 heteroatoms. The van der Waals surface area contributed by atoms with Gasteiger partial charge in [0.1, 0.15) is 0 Å². The monoisotopic (exact) mass is 362 g/mol. The fourth-order valence-corrected chi connectivity index (χ4v) is 3.38. The second-order valence-corrected chi connectivity index (χ2v) is 5.16. The predicted octanol–water partition coefficient (Wildman–Crippen LogP) is 3.06. The molecule has 1 heterocycles. The molecule has 0 atom stereocenters. The quantitative estimate of drug-likeness (QED) is 0.817. The smallest absolute Gasteiger partial charge is 0.251 e. The minimum absolute atomic E-state index is 0.0590. The number of nitrogens with one attached hydrogen (secondary N) is 1. The molecule has 1 aromatic rings. The van der Waals surface area contributed by atoms with Gasteiger partial charge in [0.05, 0.1) is 5.54 Å². The molecule has 94 valence electrons. The van der Waals surface area contributed by atoms with Crippen LogP contribution in [0.2, 0.25) is 0 Å². The van der Waals surface area contributed by atoms with E-state index >= 15 is 0 Å². The highest BCUT2D eigenvalue weighted by Crippen LogP contribution is 2.17. The first kappa shape index (κ1) is 14.6. The summed E-state index contributed by atoms with van der Waals surface area (Å²) in [6.45, 7) is 3.93. The molecular formula is C12H16Br2N2O. The van der Waals surface area contributed by atoms with Gasteiger partial charge in [-0.2, -0.15) is 0 Å². The van der Waals surface area contributed by atoms with E-state index < -0.39 is 0 Å². The number of carbonyl (C=O) groups excluding carboxylic acids is 1. The van der Waals surface area contributed by atoms with Crippen LogP contribution >= 0.6 is 31.9 Å². The van der Waals surface area contributed by atoms with Crippen molar-refractivity contribution in [2.24, 2.45) is 0 Å². The molecule has 0 aliphatic rings. The topological polar surface area (TPSA) is 42.0 Å². The summed E-state index contributed by atoms with van der Waals surface area (Å²) in [6.07, 6.45) is 2.51. The summed E-state index contributed by atoms with van der Waals surface area (Å²) in [7, 11) is 0. The molecule has 0 saturated heterocycles. The van der Waals surface area contributed by atoms with Crippen molar-refractivity contribution in [3.8, 4) is 0 Å². The summed E-state index contributed by atoms with van der Waals surface area (Å²) in [4.78, 5) is 16.2. The first-order valence-electron chi connectivity index (χ1n) is 5.44. The molecule has 1 amide bonds. The molecular weight excluding hydrogens is 348 g/mol. The van der Waals surface area contributed by atoms with Crippen LogP contribution in [0.1, 0.15) is 29.4 Å². The largest absolute Gasteiger partial charge is 0.345 e. The standard InChI is InChI=1S/C12H16Br2N2O/c1-3-12(7-13,8-14)16-11(17)10-4-5-15-9(2)6-10/h4-6H,3,7-8H2,1-2H3,(H,16,17). The molecule has 0 bridgehead atoms. The van der Waals surface area contributed by atoms with Crippen molar-refractivity contribution in [3.05, 3.63) is 29.6 Å². The summed E-state index contributed by atoms with van der Waals surface area (Å²) < 4.78 is 0. The fraction of sp³-hybridized carbons (Fsp3) is 0.500. The number of rotatable bonds is 5. The Hall–Kier alpha value is -0.420. The van der Waals surface area contributed by atoms with E-state index in [9.17, 15) is 4.79 Å². The molecule has 1 N–H and O–H groups in total. The van der Waals surface area contributed by atoms with Gasteiger partial charge in [0.2, 0.25) is 0 Å². The van der Waals surface area contributed by atoms with Crippen LogP contribution in [-0.2, 0) is 0 Å². The molecule has 17 heavy (non-hydrogen) atoms. The van der Waals surface area contributed by atoms with E-state index in [1.807, 2.05) is 6.92 Å². The van der Waals surface area contributed by atoms with Gasteiger partial charge in [-0.3, -0.25) is 9.78 Å². The lowest BCUT2D eigenvalue weighted by molar-refractivity contribution is 0.0915. The van der Waals surface area contributed by atoms with Gasteiger partial charge in [0.15, 0.2) is 0 Å². The lowest BCUT2D eigenvalue weighted by Gasteiger charge is -2.30. The number of halogens is 2. The lowest BCUT2D eigenvalue weighted by atomic mass is 10.0. The third kappa shape index (κ3) is 3.78. The highest BCUT2D eigenvalue weighted by molar-refractivity contribution is 9.09. The number of hydrogen-bond donors (Lipinski definition) is 1. The molecule has 0 aromatic carbocycles. The van der Waals surface area contributed by atoms with Crippen LogP contribution < -0.4 is 5.32 Å². The van der Waals surface area contributed by atoms with Crippen LogP contribution in [0.4, 0.5) is 0 Å². The van der Waals surface area contributed by atoms with Crippen LogP contribution in [0, 0.1) is 6.92 Å². The molecule has 0 unspecified atom stereocenters. The minimum atomic E-state index is -0.242. The minimum Gasteiger partial charge on any atom is -0.345 e. The maximum atomic E-state index is 12.1. The number of aryl methyl sites for hydroxylation is 1. The van der Waals surface area contributed by atoms with Gasteiger partial charge in [0.25, 0.3) is 5.91 Å². The molecule has 0 aliphatic carbocycles. The van der Waals surface area contributed by atoms with Crippen LogP contribution in [0.25, 0.3) is 0 Å². The van der Waals surface area contributed by atoms with Crippen molar-refractivity contribution in [1.29, 1.82) is 0 Å². The highest BCUT2D eigenvalue weighted by Gasteiger charge is 2.28. The lowest BCUT2D eigenvalue weighted by Crippen LogP contribution is -2.51. The normalized spacial score (nSPS) is 11.3. The first-order valence-corrected chi connectivity index (χ1v) is 7.68. The van der Waals surface area contributed by atoms with Gasteiger partial charge >= 0.3 is 0 Å². The number of alkyl halides is 2.